The van der Waals surface area contributed by atoms with Crippen molar-refractivity contribution in [3.8, 4) is 0 Å². The molecule has 3 atom stereocenters. The molecule has 0 aliphatic carbocycles. The highest BCUT2D eigenvalue weighted by Crippen LogP contribution is 2.47. The van der Waals surface area contributed by atoms with Crippen molar-refractivity contribution in [2.45, 2.75) is 96.2 Å². The predicted molar refractivity (Wildman–Crippen MR) is 76.5 cm³/mol. The zero-order valence-electron chi connectivity index (χ0n) is 13.6. The highest BCUT2D eigenvalue weighted by atomic mass is 16.6. The third kappa shape index (κ3) is 4.19. The second-order valence-corrected chi connectivity index (χ2v) is 7.79. The van der Waals surface area contributed by atoms with E-state index in [1.807, 2.05) is 20.8 Å². The fourth-order valence-electron chi connectivity index (χ4n) is 2.67. The van der Waals surface area contributed by atoms with Crippen LogP contribution in [0.25, 0.3) is 0 Å². The molecule has 2 aliphatic heterocycles. The summed E-state index contributed by atoms with van der Waals surface area (Å²) in [6.45, 7) is 12.0. The lowest BCUT2D eigenvalue weighted by Gasteiger charge is -2.19. The van der Waals surface area contributed by atoms with Crippen molar-refractivity contribution >= 4 is 5.97 Å². The highest BCUT2D eigenvalue weighted by molar-refractivity contribution is 5.69. The molecule has 116 valence electrons. The number of ether oxygens (including phenoxy) is 3. The summed E-state index contributed by atoms with van der Waals surface area (Å²) in [5.41, 5.74) is -0.416. The lowest BCUT2D eigenvalue weighted by Crippen LogP contribution is -2.24. The molecular formula is C16H28O4. The average Bonchev–Trinajstić information content (AvgIpc) is 3.08. The van der Waals surface area contributed by atoms with Crippen LogP contribution in [-0.4, -0.2) is 35.0 Å². The minimum Gasteiger partial charge on any atom is -0.460 e. The van der Waals surface area contributed by atoms with Crippen LogP contribution >= 0.6 is 0 Å². The Balaban J connectivity index is 1.63. The Hall–Kier alpha value is -0.610. The van der Waals surface area contributed by atoms with Gasteiger partial charge in [0.25, 0.3) is 0 Å². The maximum Gasteiger partial charge on any atom is 0.306 e. The van der Waals surface area contributed by atoms with Crippen molar-refractivity contribution in [3.05, 3.63) is 0 Å². The molecular weight excluding hydrogens is 256 g/mol. The van der Waals surface area contributed by atoms with Crippen molar-refractivity contribution < 1.29 is 19.0 Å². The molecule has 0 aromatic rings. The van der Waals surface area contributed by atoms with Gasteiger partial charge in [-0.2, -0.15) is 0 Å². The van der Waals surface area contributed by atoms with Crippen LogP contribution in [0.2, 0.25) is 0 Å². The standard InChI is InChI=1S/C16H28O4/c1-14(2,3)20-13(17)8-7-12-16(6,19-12)10-9-11-15(4,5)18-11/h11-12H,7-10H2,1-6H3/t11?,12-,16-/m1/s1. The van der Waals surface area contributed by atoms with Gasteiger partial charge in [-0.25, -0.2) is 0 Å². The summed E-state index contributed by atoms with van der Waals surface area (Å²) in [7, 11) is 0. The van der Waals surface area contributed by atoms with Crippen molar-refractivity contribution in [3.63, 3.8) is 0 Å². The van der Waals surface area contributed by atoms with E-state index in [0.717, 1.165) is 19.3 Å². The van der Waals surface area contributed by atoms with Crippen molar-refractivity contribution in [1.29, 1.82) is 0 Å². The van der Waals surface area contributed by atoms with Crippen molar-refractivity contribution in [2.75, 3.05) is 0 Å². The fraction of sp³-hybridized carbons (Fsp3) is 0.938. The summed E-state index contributed by atoms with van der Waals surface area (Å²) in [6.07, 6.45) is 3.78. The Bertz CT molecular complexity index is 382. The molecule has 0 saturated carbocycles. The molecule has 2 heterocycles. The van der Waals surface area contributed by atoms with Gasteiger partial charge >= 0.3 is 5.97 Å². The molecule has 0 N–H and O–H groups in total. The van der Waals surface area contributed by atoms with Crippen LogP contribution in [0.15, 0.2) is 0 Å². The van der Waals surface area contributed by atoms with E-state index in [9.17, 15) is 4.79 Å². The van der Waals surface area contributed by atoms with Gasteiger partial charge in [0.05, 0.1) is 23.4 Å². The van der Waals surface area contributed by atoms with E-state index in [0.29, 0.717) is 12.5 Å². The maximum absolute atomic E-state index is 11.7. The molecule has 1 unspecified atom stereocenters. The van der Waals surface area contributed by atoms with E-state index in [2.05, 4.69) is 20.8 Å². The molecule has 0 aromatic carbocycles. The minimum atomic E-state index is -0.403. The number of hydrogen-bond donors (Lipinski definition) is 0. The monoisotopic (exact) mass is 284 g/mol. The lowest BCUT2D eigenvalue weighted by atomic mass is 9.95. The Morgan fingerprint density at radius 3 is 2.20 bits per heavy atom. The molecule has 2 saturated heterocycles. The number of carbonyl (C=O) groups excluding carboxylic acids is 1. The first-order valence-corrected chi connectivity index (χ1v) is 7.59. The van der Waals surface area contributed by atoms with E-state index in [1.54, 1.807) is 0 Å². The summed E-state index contributed by atoms with van der Waals surface area (Å²) in [5.74, 6) is -0.137. The predicted octanol–water partition coefficient (Wildman–Crippen LogP) is 3.22. The third-order valence-corrected chi connectivity index (χ3v) is 4.13. The lowest BCUT2D eigenvalue weighted by molar-refractivity contribution is -0.155. The molecule has 4 heteroatoms. The van der Waals surface area contributed by atoms with Crippen LogP contribution in [0, 0.1) is 0 Å². The van der Waals surface area contributed by atoms with E-state index in [4.69, 9.17) is 14.2 Å². The van der Waals surface area contributed by atoms with Crippen LogP contribution in [0.3, 0.4) is 0 Å². The molecule has 2 aliphatic rings. The van der Waals surface area contributed by atoms with Crippen LogP contribution in [0.5, 0.6) is 0 Å². The van der Waals surface area contributed by atoms with Gasteiger partial charge in [-0.3, -0.25) is 4.79 Å². The van der Waals surface area contributed by atoms with Gasteiger partial charge in [-0.1, -0.05) is 0 Å². The average molecular weight is 284 g/mol. The van der Waals surface area contributed by atoms with Crippen LogP contribution in [0.4, 0.5) is 0 Å². The third-order valence-electron chi connectivity index (χ3n) is 4.13. The van der Waals surface area contributed by atoms with E-state index in [-0.39, 0.29) is 23.3 Å². The fourth-order valence-corrected chi connectivity index (χ4v) is 2.67. The van der Waals surface area contributed by atoms with Crippen LogP contribution in [-0.2, 0) is 19.0 Å². The normalized spacial score (nSPS) is 34.7. The molecule has 4 nitrogen and oxygen atoms in total. The summed E-state index contributed by atoms with van der Waals surface area (Å²) >= 11 is 0. The van der Waals surface area contributed by atoms with Crippen LogP contribution < -0.4 is 0 Å². The summed E-state index contributed by atoms with van der Waals surface area (Å²) in [5, 5.41) is 0. The SMILES string of the molecule is CC(C)(C)OC(=O)CC[C@H]1O[C@]1(C)CCC1OC1(C)C. The molecule has 20 heavy (non-hydrogen) atoms. The van der Waals surface area contributed by atoms with E-state index < -0.39 is 5.60 Å². The van der Waals surface area contributed by atoms with Crippen LogP contribution in [0.1, 0.15) is 67.2 Å². The van der Waals surface area contributed by atoms with Crippen molar-refractivity contribution in [2.24, 2.45) is 0 Å². The smallest absolute Gasteiger partial charge is 0.306 e. The number of carbonyl (C=O) groups is 1. The Labute approximate surface area is 122 Å². The molecule has 0 bridgehead atoms. The van der Waals surface area contributed by atoms with Gasteiger partial charge in [-0.05, 0) is 60.8 Å². The van der Waals surface area contributed by atoms with Gasteiger partial charge in [0, 0.05) is 6.42 Å². The first kappa shape index (κ1) is 15.8. The van der Waals surface area contributed by atoms with Gasteiger partial charge < -0.3 is 14.2 Å². The van der Waals surface area contributed by atoms with E-state index >= 15 is 0 Å². The molecule has 2 fully saturated rings. The largest absolute Gasteiger partial charge is 0.460 e. The molecule has 0 aromatic heterocycles. The summed E-state index contributed by atoms with van der Waals surface area (Å²) in [6, 6.07) is 0. The minimum absolute atomic E-state index is 0.0528. The number of hydrogen-bond acceptors (Lipinski definition) is 4. The maximum atomic E-state index is 11.7. The van der Waals surface area contributed by atoms with Gasteiger partial charge in [-0.15, -0.1) is 0 Å². The Morgan fingerprint density at radius 1 is 1.10 bits per heavy atom. The quantitative estimate of drug-likeness (QED) is 0.555. The topological polar surface area (TPSA) is 51.4 Å². The van der Waals surface area contributed by atoms with Gasteiger partial charge in [0.15, 0.2) is 0 Å². The Kier molecular flexibility index (Phi) is 3.93. The zero-order chi connectivity index (χ0) is 15.2. The first-order chi connectivity index (χ1) is 9.02. The van der Waals surface area contributed by atoms with Gasteiger partial charge in [0.1, 0.15) is 5.60 Å². The second kappa shape index (κ2) is 4.99. The van der Waals surface area contributed by atoms with Crippen molar-refractivity contribution in [1.82, 2.24) is 0 Å². The number of epoxide rings is 2. The number of rotatable bonds is 6. The molecule has 0 spiro atoms. The van der Waals surface area contributed by atoms with E-state index in [1.165, 1.54) is 0 Å². The second-order valence-electron chi connectivity index (χ2n) is 7.79. The highest BCUT2D eigenvalue weighted by Gasteiger charge is 2.54. The van der Waals surface area contributed by atoms with Gasteiger partial charge in [0.2, 0.25) is 0 Å². The number of esters is 1. The molecule has 2 rings (SSSR count). The first-order valence-electron chi connectivity index (χ1n) is 7.59. The summed E-state index contributed by atoms with van der Waals surface area (Å²) < 4.78 is 16.7. The summed E-state index contributed by atoms with van der Waals surface area (Å²) in [4.78, 5) is 11.7. The molecule has 0 amide bonds. The Morgan fingerprint density at radius 2 is 1.70 bits per heavy atom. The molecule has 0 radical (unpaired) electrons. The zero-order valence-corrected chi connectivity index (χ0v) is 13.6.